The van der Waals surface area contributed by atoms with Crippen LogP contribution in [-0.4, -0.2) is 75.9 Å². The zero-order chi connectivity index (χ0) is 26.1. The lowest BCUT2D eigenvalue weighted by molar-refractivity contribution is -0.278. The minimum atomic E-state index is -1.70. The molecule has 1 fully saturated rings. The first-order chi connectivity index (χ1) is 17.1. The molecule has 0 bridgehead atoms. The van der Waals surface area contributed by atoms with Gasteiger partial charge in [-0.15, -0.1) is 0 Å². The van der Waals surface area contributed by atoms with Crippen LogP contribution in [0.5, 0.6) is 23.0 Å². The number of rotatable bonds is 6. The Kier molecular flexibility index (Phi) is 7.04. The van der Waals surface area contributed by atoms with Crippen molar-refractivity contribution in [3.63, 3.8) is 0 Å². The number of hydrogen-bond acceptors (Lipinski definition) is 12. The van der Waals surface area contributed by atoms with E-state index in [9.17, 15) is 35.1 Å². The molecule has 3 aromatic rings. The third-order valence-electron chi connectivity index (χ3n) is 5.62. The highest BCUT2D eigenvalue weighted by Gasteiger charge is 2.45. The van der Waals surface area contributed by atoms with Gasteiger partial charge in [0.2, 0.25) is 6.29 Å². The molecule has 5 atom stereocenters. The number of carbonyl (C=O) groups is 1. The minimum absolute atomic E-state index is 0.0786. The van der Waals surface area contributed by atoms with E-state index in [1.165, 1.54) is 25.3 Å². The summed E-state index contributed by atoms with van der Waals surface area (Å²) in [6.07, 6.45) is -7.70. The second-order valence-electron chi connectivity index (χ2n) is 8.11. The van der Waals surface area contributed by atoms with Crippen LogP contribution in [0.25, 0.3) is 22.3 Å². The Labute approximate surface area is 203 Å². The van der Waals surface area contributed by atoms with Gasteiger partial charge in [-0.1, -0.05) is 0 Å². The van der Waals surface area contributed by atoms with Gasteiger partial charge in [0.1, 0.15) is 59.3 Å². The molecule has 0 aliphatic carbocycles. The summed E-state index contributed by atoms with van der Waals surface area (Å²) >= 11 is 0. The SMILES string of the molecule is COc1ccc(-c2cc(=O)c3c(O)cc(O[C@@H]4O[C@H](COC(C)=O)[C@@H](O)[C@H](O)[C@H]4O)cc3o2)cc1O. The number of fused-ring (bicyclic) bond motifs is 1. The topological polar surface area (TPSA) is 185 Å². The highest BCUT2D eigenvalue weighted by molar-refractivity contribution is 5.86. The fourth-order valence-corrected chi connectivity index (χ4v) is 3.78. The zero-order valence-corrected chi connectivity index (χ0v) is 19.2. The number of phenolic OH excluding ortho intramolecular Hbond substituents is 2. The van der Waals surface area contributed by atoms with E-state index >= 15 is 0 Å². The number of aliphatic hydroxyl groups excluding tert-OH is 3. The van der Waals surface area contributed by atoms with E-state index < -0.39 is 54.5 Å². The van der Waals surface area contributed by atoms with Gasteiger partial charge < -0.3 is 48.9 Å². The molecule has 0 spiro atoms. The highest BCUT2D eigenvalue weighted by atomic mass is 16.7. The molecule has 36 heavy (non-hydrogen) atoms. The van der Waals surface area contributed by atoms with Gasteiger partial charge in [0.15, 0.2) is 16.9 Å². The second-order valence-corrected chi connectivity index (χ2v) is 8.11. The summed E-state index contributed by atoms with van der Waals surface area (Å²) < 4.78 is 26.7. The van der Waals surface area contributed by atoms with Crippen LogP contribution in [0, 0.1) is 0 Å². The van der Waals surface area contributed by atoms with Crippen molar-refractivity contribution >= 4 is 16.9 Å². The third kappa shape index (κ3) is 4.93. The fourth-order valence-electron chi connectivity index (χ4n) is 3.78. The van der Waals surface area contributed by atoms with Gasteiger partial charge in [-0.05, 0) is 18.2 Å². The molecule has 0 radical (unpaired) electrons. The Morgan fingerprint density at radius 3 is 2.42 bits per heavy atom. The zero-order valence-electron chi connectivity index (χ0n) is 19.2. The summed E-state index contributed by atoms with van der Waals surface area (Å²) in [7, 11) is 1.39. The number of methoxy groups -OCH3 is 1. The summed E-state index contributed by atoms with van der Waals surface area (Å²) in [5, 5.41) is 51.0. The molecule has 12 nitrogen and oxygen atoms in total. The summed E-state index contributed by atoms with van der Waals surface area (Å²) in [6, 6.07) is 7.88. The van der Waals surface area contributed by atoms with Crippen LogP contribution in [0.1, 0.15) is 6.92 Å². The van der Waals surface area contributed by atoms with Gasteiger partial charge >= 0.3 is 5.97 Å². The summed E-state index contributed by atoms with van der Waals surface area (Å²) in [5.41, 5.74) is -0.292. The number of hydrogen-bond donors (Lipinski definition) is 5. The van der Waals surface area contributed by atoms with Gasteiger partial charge in [-0.25, -0.2) is 0 Å². The van der Waals surface area contributed by atoms with Gasteiger partial charge in [0.25, 0.3) is 0 Å². The number of carbonyl (C=O) groups excluding carboxylic acids is 1. The molecule has 1 aliphatic rings. The second kappa shape index (κ2) is 10.0. The molecule has 0 amide bonds. The van der Waals surface area contributed by atoms with E-state index in [1.807, 2.05) is 0 Å². The molecular weight excluding hydrogens is 480 g/mol. The molecule has 2 aromatic carbocycles. The van der Waals surface area contributed by atoms with Crippen molar-refractivity contribution in [2.75, 3.05) is 13.7 Å². The van der Waals surface area contributed by atoms with Gasteiger partial charge in [-0.2, -0.15) is 0 Å². The lowest BCUT2D eigenvalue weighted by Gasteiger charge is -2.39. The molecule has 2 heterocycles. The molecule has 5 N–H and O–H groups in total. The van der Waals surface area contributed by atoms with Crippen LogP contribution in [-0.2, 0) is 14.3 Å². The lowest BCUT2D eigenvalue weighted by atomic mass is 9.99. The van der Waals surface area contributed by atoms with Crippen LogP contribution in [0.3, 0.4) is 0 Å². The molecule has 4 rings (SSSR count). The molecule has 0 saturated carbocycles. The van der Waals surface area contributed by atoms with E-state index in [4.69, 9.17) is 23.4 Å². The number of aliphatic hydroxyl groups is 3. The van der Waals surface area contributed by atoms with E-state index in [0.29, 0.717) is 5.56 Å². The quantitative estimate of drug-likeness (QED) is 0.295. The molecule has 0 unspecified atom stereocenters. The van der Waals surface area contributed by atoms with E-state index in [-0.39, 0.29) is 34.0 Å². The summed E-state index contributed by atoms with van der Waals surface area (Å²) in [5.74, 6) is -1.10. The van der Waals surface area contributed by atoms with Gasteiger partial charge in [0, 0.05) is 30.7 Å². The first-order valence-corrected chi connectivity index (χ1v) is 10.8. The molecule has 12 heteroatoms. The Morgan fingerprint density at radius 2 is 1.75 bits per heavy atom. The number of aromatic hydroxyl groups is 2. The van der Waals surface area contributed by atoms with Crippen molar-refractivity contribution in [1.82, 2.24) is 0 Å². The van der Waals surface area contributed by atoms with E-state index in [1.54, 1.807) is 6.07 Å². The Bertz CT molecular complexity index is 1330. The van der Waals surface area contributed by atoms with Crippen LogP contribution in [0.15, 0.2) is 45.6 Å². The molecular formula is C24H24O12. The standard InChI is InChI=1S/C24H24O12/c1-10(25)33-9-19-21(29)22(30)23(31)24(36-19)34-12-6-14(27)20-15(28)8-17(35-18(20)7-12)11-3-4-16(32-2)13(26)5-11/h3-8,19,21-24,26-27,29-31H,9H2,1-2H3/t19-,21-,22+,23-,24-/m1/s1. The Balaban J connectivity index is 1.66. The summed E-state index contributed by atoms with van der Waals surface area (Å²) in [6.45, 7) is 0.748. The smallest absolute Gasteiger partial charge is 0.302 e. The van der Waals surface area contributed by atoms with Crippen molar-refractivity contribution in [2.45, 2.75) is 37.6 Å². The van der Waals surface area contributed by atoms with Crippen LogP contribution < -0.4 is 14.9 Å². The number of phenols is 2. The lowest BCUT2D eigenvalue weighted by Crippen LogP contribution is -2.60. The molecule has 1 saturated heterocycles. The Morgan fingerprint density at radius 1 is 1.00 bits per heavy atom. The normalized spacial score (nSPS) is 23.9. The molecule has 192 valence electrons. The number of benzene rings is 2. The first kappa shape index (κ1) is 25.3. The van der Waals surface area contributed by atoms with Gasteiger partial charge in [0.05, 0.1) is 7.11 Å². The van der Waals surface area contributed by atoms with Crippen molar-refractivity contribution in [3.05, 3.63) is 46.6 Å². The predicted molar refractivity (Wildman–Crippen MR) is 122 cm³/mol. The van der Waals surface area contributed by atoms with E-state index in [2.05, 4.69) is 0 Å². The van der Waals surface area contributed by atoms with Crippen LogP contribution in [0.4, 0.5) is 0 Å². The monoisotopic (exact) mass is 504 g/mol. The van der Waals surface area contributed by atoms with Crippen molar-refractivity contribution in [2.24, 2.45) is 0 Å². The maximum atomic E-state index is 12.7. The van der Waals surface area contributed by atoms with Crippen LogP contribution in [0.2, 0.25) is 0 Å². The van der Waals surface area contributed by atoms with Crippen molar-refractivity contribution < 1.29 is 53.7 Å². The number of ether oxygens (including phenoxy) is 4. The molecule has 1 aliphatic heterocycles. The minimum Gasteiger partial charge on any atom is -0.507 e. The van der Waals surface area contributed by atoms with Crippen LogP contribution >= 0.6 is 0 Å². The molecule has 1 aromatic heterocycles. The highest BCUT2D eigenvalue weighted by Crippen LogP contribution is 2.35. The fraction of sp³-hybridized carbons (Fsp3) is 0.333. The summed E-state index contributed by atoms with van der Waals surface area (Å²) in [4.78, 5) is 23.8. The Hall–Kier alpha value is -3.84. The largest absolute Gasteiger partial charge is 0.507 e. The average Bonchev–Trinajstić information content (AvgIpc) is 2.83. The average molecular weight is 504 g/mol. The van der Waals surface area contributed by atoms with Crippen molar-refractivity contribution in [1.29, 1.82) is 0 Å². The third-order valence-corrected chi connectivity index (χ3v) is 5.62. The maximum Gasteiger partial charge on any atom is 0.302 e. The maximum absolute atomic E-state index is 12.7. The van der Waals surface area contributed by atoms with Crippen molar-refractivity contribution in [3.8, 4) is 34.3 Å². The first-order valence-electron chi connectivity index (χ1n) is 10.8. The van der Waals surface area contributed by atoms with E-state index in [0.717, 1.165) is 19.1 Å². The van der Waals surface area contributed by atoms with Gasteiger partial charge in [-0.3, -0.25) is 9.59 Å². The number of esters is 1. The predicted octanol–water partition coefficient (Wildman–Crippen LogP) is 0.629.